The number of nitrogens with zero attached hydrogens (tertiary/aromatic N) is 2. The van der Waals surface area contributed by atoms with E-state index in [4.69, 9.17) is 10.2 Å². The summed E-state index contributed by atoms with van der Waals surface area (Å²) in [4.78, 5) is 26.0. The number of urea groups is 1. The fourth-order valence-electron chi connectivity index (χ4n) is 2.37. The van der Waals surface area contributed by atoms with E-state index in [0.717, 1.165) is 19.3 Å². The van der Waals surface area contributed by atoms with E-state index in [1.54, 1.807) is 11.8 Å². The first-order chi connectivity index (χ1) is 8.60. The monoisotopic (exact) mass is 258 g/mol. The molecular weight excluding hydrogens is 236 g/mol. The summed E-state index contributed by atoms with van der Waals surface area (Å²) < 4.78 is 0. The quantitative estimate of drug-likeness (QED) is 0.736. The summed E-state index contributed by atoms with van der Waals surface area (Å²) in [5, 5.41) is 17.6. The molecule has 0 bridgehead atoms. The normalized spacial score (nSPS) is 19.0. The molecule has 1 fully saturated rings. The van der Waals surface area contributed by atoms with Crippen molar-refractivity contribution in [1.82, 2.24) is 9.80 Å². The number of likely N-dealkylation sites (tertiary alicyclic amines) is 1. The standard InChI is InChI=1S/C12H22N2O4/c1-2-13(9-11(16)17)12(18)14-7-3-5-10(14)6-4-8-15/h10,15H,2-9H2,1H3,(H,16,17). The molecule has 2 N–H and O–H groups in total. The number of hydrogen-bond acceptors (Lipinski definition) is 3. The van der Waals surface area contributed by atoms with E-state index in [1.807, 2.05) is 0 Å². The van der Waals surface area contributed by atoms with Gasteiger partial charge in [-0.2, -0.15) is 0 Å². The summed E-state index contributed by atoms with van der Waals surface area (Å²) in [5.74, 6) is -0.990. The number of aliphatic carboxylic acids is 1. The van der Waals surface area contributed by atoms with Gasteiger partial charge in [0.15, 0.2) is 0 Å². The minimum Gasteiger partial charge on any atom is -0.480 e. The van der Waals surface area contributed by atoms with Gasteiger partial charge < -0.3 is 20.0 Å². The van der Waals surface area contributed by atoms with Crippen LogP contribution in [-0.2, 0) is 4.79 Å². The zero-order valence-corrected chi connectivity index (χ0v) is 10.8. The van der Waals surface area contributed by atoms with E-state index in [2.05, 4.69) is 0 Å². The van der Waals surface area contributed by atoms with Crippen molar-refractivity contribution in [2.45, 2.75) is 38.6 Å². The molecule has 1 saturated heterocycles. The van der Waals surface area contributed by atoms with Crippen LogP contribution in [-0.4, -0.2) is 64.3 Å². The molecule has 1 heterocycles. The molecule has 6 heteroatoms. The van der Waals surface area contributed by atoms with Crippen molar-refractivity contribution in [1.29, 1.82) is 0 Å². The zero-order valence-electron chi connectivity index (χ0n) is 10.8. The molecule has 0 aliphatic carbocycles. The predicted octanol–water partition coefficient (Wildman–Crippen LogP) is 0.750. The van der Waals surface area contributed by atoms with Gasteiger partial charge in [0.05, 0.1) is 0 Å². The van der Waals surface area contributed by atoms with Crippen molar-refractivity contribution >= 4 is 12.0 Å². The average molecular weight is 258 g/mol. The molecule has 0 aromatic rings. The van der Waals surface area contributed by atoms with E-state index in [0.29, 0.717) is 19.5 Å². The summed E-state index contributed by atoms with van der Waals surface area (Å²) in [5.41, 5.74) is 0. The molecule has 1 aliphatic heterocycles. The summed E-state index contributed by atoms with van der Waals surface area (Å²) >= 11 is 0. The van der Waals surface area contributed by atoms with Gasteiger partial charge in [0, 0.05) is 25.7 Å². The SMILES string of the molecule is CCN(CC(=O)O)C(=O)N1CCCC1CCCO. The molecule has 0 aromatic heterocycles. The largest absolute Gasteiger partial charge is 0.480 e. The van der Waals surface area contributed by atoms with Gasteiger partial charge in [-0.3, -0.25) is 4.79 Å². The van der Waals surface area contributed by atoms with Gasteiger partial charge in [-0.1, -0.05) is 0 Å². The van der Waals surface area contributed by atoms with Crippen LogP contribution in [0.15, 0.2) is 0 Å². The van der Waals surface area contributed by atoms with Crippen LogP contribution in [0.4, 0.5) is 4.79 Å². The van der Waals surface area contributed by atoms with Gasteiger partial charge in [-0.25, -0.2) is 4.79 Å². The Morgan fingerprint density at radius 2 is 2.17 bits per heavy atom. The summed E-state index contributed by atoms with van der Waals surface area (Å²) in [6.07, 6.45) is 3.36. The van der Waals surface area contributed by atoms with Crippen LogP contribution in [0, 0.1) is 0 Å². The number of carbonyl (C=O) groups excluding carboxylic acids is 1. The summed E-state index contributed by atoms with van der Waals surface area (Å²) in [7, 11) is 0. The number of aliphatic hydroxyl groups excluding tert-OH is 1. The molecule has 0 saturated carbocycles. The van der Waals surface area contributed by atoms with Crippen molar-refractivity contribution < 1.29 is 19.8 Å². The second kappa shape index (κ2) is 7.20. The van der Waals surface area contributed by atoms with Crippen molar-refractivity contribution in [3.05, 3.63) is 0 Å². The van der Waals surface area contributed by atoms with Gasteiger partial charge in [0.1, 0.15) is 6.54 Å². The Balaban J connectivity index is 2.59. The van der Waals surface area contributed by atoms with Crippen LogP contribution in [0.25, 0.3) is 0 Å². The molecular formula is C12H22N2O4. The lowest BCUT2D eigenvalue weighted by atomic mass is 10.1. The topological polar surface area (TPSA) is 81.1 Å². The van der Waals surface area contributed by atoms with Crippen molar-refractivity contribution in [3.8, 4) is 0 Å². The second-order valence-corrected chi connectivity index (χ2v) is 4.55. The molecule has 6 nitrogen and oxygen atoms in total. The van der Waals surface area contributed by atoms with Crippen molar-refractivity contribution in [2.75, 3.05) is 26.2 Å². The molecule has 104 valence electrons. The van der Waals surface area contributed by atoms with Crippen molar-refractivity contribution in [3.63, 3.8) is 0 Å². The van der Waals surface area contributed by atoms with E-state index in [9.17, 15) is 9.59 Å². The smallest absolute Gasteiger partial charge is 0.323 e. The van der Waals surface area contributed by atoms with E-state index in [1.165, 1.54) is 4.90 Å². The highest BCUT2D eigenvalue weighted by molar-refractivity contribution is 5.80. The third kappa shape index (κ3) is 3.87. The molecule has 2 amide bonds. The van der Waals surface area contributed by atoms with Gasteiger partial charge in [0.2, 0.25) is 0 Å². The third-order valence-electron chi connectivity index (χ3n) is 3.30. The first-order valence-electron chi connectivity index (χ1n) is 6.48. The van der Waals surface area contributed by atoms with Crippen LogP contribution in [0.1, 0.15) is 32.6 Å². The maximum absolute atomic E-state index is 12.2. The highest BCUT2D eigenvalue weighted by Gasteiger charge is 2.31. The lowest BCUT2D eigenvalue weighted by molar-refractivity contribution is -0.137. The van der Waals surface area contributed by atoms with Gasteiger partial charge in [0.25, 0.3) is 0 Å². The maximum atomic E-state index is 12.2. The number of carbonyl (C=O) groups is 2. The van der Waals surface area contributed by atoms with Gasteiger partial charge >= 0.3 is 12.0 Å². The van der Waals surface area contributed by atoms with Gasteiger partial charge in [-0.05, 0) is 32.6 Å². The minimum absolute atomic E-state index is 0.130. The number of aliphatic hydroxyl groups is 1. The lowest BCUT2D eigenvalue weighted by Crippen LogP contribution is -2.47. The Bertz CT molecular complexity index is 296. The van der Waals surface area contributed by atoms with Crippen LogP contribution in [0.5, 0.6) is 0 Å². The Morgan fingerprint density at radius 3 is 2.72 bits per heavy atom. The first-order valence-corrected chi connectivity index (χ1v) is 6.48. The van der Waals surface area contributed by atoms with E-state index < -0.39 is 5.97 Å². The number of hydrogen-bond donors (Lipinski definition) is 2. The Morgan fingerprint density at radius 1 is 1.44 bits per heavy atom. The lowest BCUT2D eigenvalue weighted by Gasteiger charge is -2.30. The molecule has 0 radical (unpaired) electrons. The van der Waals surface area contributed by atoms with Gasteiger partial charge in [-0.15, -0.1) is 0 Å². The van der Waals surface area contributed by atoms with E-state index >= 15 is 0 Å². The van der Waals surface area contributed by atoms with Crippen LogP contribution in [0.3, 0.4) is 0 Å². The maximum Gasteiger partial charge on any atom is 0.323 e. The molecule has 1 atom stereocenters. The molecule has 18 heavy (non-hydrogen) atoms. The van der Waals surface area contributed by atoms with Crippen LogP contribution < -0.4 is 0 Å². The average Bonchev–Trinajstić information content (AvgIpc) is 2.80. The highest BCUT2D eigenvalue weighted by Crippen LogP contribution is 2.22. The molecule has 1 unspecified atom stereocenters. The number of carboxylic acid groups (broad SMARTS) is 1. The minimum atomic E-state index is -0.990. The second-order valence-electron chi connectivity index (χ2n) is 4.55. The molecule has 1 aliphatic rings. The fraction of sp³-hybridized carbons (Fsp3) is 0.833. The Labute approximate surface area is 107 Å². The van der Waals surface area contributed by atoms with Crippen molar-refractivity contribution in [2.24, 2.45) is 0 Å². The molecule has 0 spiro atoms. The highest BCUT2D eigenvalue weighted by atomic mass is 16.4. The Kier molecular flexibility index (Phi) is 5.91. The van der Waals surface area contributed by atoms with Crippen LogP contribution >= 0.6 is 0 Å². The summed E-state index contributed by atoms with van der Waals surface area (Å²) in [6.45, 7) is 2.74. The number of carboxylic acids is 1. The Hall–Kier alpha value is -1.30. The number of likely N-dealkylation sites (N-methyl/N-ethyl adjacent to an activating group) is 1. The predicted molar refractivity (Wildman–Crippen MR) is 66.3 cm³/mol. The molecule has 1 rings (SSSR count). The third-order valence-corrected chi connectivity index (χ3v) is 3.30. The zero-order chi connectivity index (χ0) is 13.5. The number of amides is 2. The van der Waals surface area contributed by atoms with E-state index in [-0.39, 0.29) is 25.2 Å². The fourth-order valence-corrected chi connectivity index (χ4v) is 2.37. The van der Waals surface area contributed by atoms with Crippen LogP contribution in [0.2, 0.25) is 0 Å². The molecule has 0 aromatic carbocycles. The number of rotatable bonds is 6. The summed E-state index contributed by atoms with van der Waals surface area (Å²) in [6, 6.07) is -0.0483. The first kappa shape index (κ1) is 14.8.